The fourth-order valence-electron chi connectivity index (χ4n) is 1.60. The van der Waals surface area contributed by atoms with Gasteiger partial charge < -0.3 is 10.5 Å². The predicted molar refractivity (Wildman–Crippen MR) is 64.1 cm³/mol. The summed E-state index contributed by atoms with van der Waals surface area (Å²) in [6, 6.07) is 6.07. The van der Waals surface area contributed by atoms with Crippen molar-refractivity contribution in [3.63, 3.8) is 0 Å². The van der Waals surface area contributed by atoms with Crippen LogP contribution in [0.2, 0.25) is 0 Å². The van der Waals surface area contributed by atoms with Crippen LogP contribution in [0.15, 0.2) is 18.2 Å². The normalized spacial score (nSPS) is 10.0. The number of nitro benzene ring substituents is 1. The molecule has 18 heavy (non-hydrogen) atoms. The van der Waals surface area contributed by atoms with Crippen LogP contribution < -0.4 is 10.5 Å². The molecule has 7 nitrogen and oxygen atoms in total. The number of pyridine rings is 1. The van der Waals surface area contributed by atoms with Gasteiger partial charge in [0, 0.05) is 17.5 Å². The van der Waals surface area contributed by atoms with Crippen LogP contribution in [-0.2, 0) is 0 Å². The molecular weight excluding hydrogens is 236 g/mol. The van der Waals surface area contributed by atoms with Crippen molar-refractivity contribution in [3.05, 3.63) is 33.9 Å². The van der Waals surface area contributed by atoms with Crippen molar-refractivity contribution in [1.82, 2.24) is 4.98 Å². The standard InChI is InChI=1S/C11H8N4O3/c1-18-10-4-8-6(3-9(10)15(16)17)2-7(5-12)11(13)14-8/h2-4H,1H3,(H2,13,14). The maximum Gasteiger partial charge on any atom is 0.311 e. The van der Waals surface area contributed by atoms with E-state index in [1.807, 2.05) is 6.07 Å². The summed E-state index contributed by atoms with van der Waals surface area (Å²) in [5.41, 5.74) is 6.02. The van der Waals surface area contributed by atoms with Gasteiger partial charge in [-0.3, -0.25) is 10.1 Å². The van der Waals surface area contributed by atoms with Gasteiger partial charge in [0.25, 0.3) is 0 Å². The highest BCUT2D eigenvalue weighted by Crippen LogP contribution is 2.32. The number of aromatic nitrogens is 1. The molecule has 0 atom stereocenters. The number of rotatable bonds is 2. The Morgan fingerprint density at radius 2 is 2.22 bits per heavy atom. The molecule has 0 amide bonds. The number of nitriles is 1. The Kier molecular flexibility index (Phi) is 2.69. The molecule has 0 aliphatic carbocycles. The molecule has 2 aromatic rings. The van der Waals surface area contributed by atoms with Crippen molar-refractivity contribution in [1.29, 1.82) is 5.26 Å². The summed E-state index contributed by atoms with van der Waals surface area (Å²) in [4.78, 5) is 14.3. The van der Waals surface area contributed by atoms with E-state index < -0.39 is 4.92 Å². The second-order valence-corrected chi connectivity index (χ2v) is 3.51. The Labute approximate surface area is 102 Å². The predicted octanol–water partition coefficient (Wildman–Crippen LogP) is 1.61. The van der Waals surface area contributed by atoms with Crippen molar-refractivity contribution >= 4 is 22.4 Å². The van der Waals surface area contributed by atoms with Crippen molar-refractivity contribution < 1.29 is 9.66 Å². The topological polar surface area (TPSA) is 115 Å². The summed E-state index contributed by atoms with van der Waals surface area (Å²) in [7, 11) is 1.33. The third-order valence-corrected chi connectivity index (χ3v) is 2.46. The maximum absolute atomic E-state index is 10.9. The quantitative estimate of drug-likeness (QED) is 0.633. The van der Waals surface area contributed by atoms with E-state index in [-0.39, 0.29) is 22.8 Å². The van der Waals surface area contributed by atoms with Gasteiger partial charge in [0.2, 0.25) is 0 Å². The summed E-state index contributed by atoms with van der Waals surface area (Å²) in [5.74, 6) is 0.185. The molecule has 2 N–H and O–H groups in total. The summed E-state index contributed by atoms with van der Waals surface area (Å²) in [6.07, 6.45) is 0. The molecule has 0 unspecified atom stereocenters. The van der Waals surface area contributed by atoms with Crippen molar-refractivity contribution in [2.75, 3.05) is 12.8 Å². The molecular formula is C11H8N4O3. The molecule has 0 saturated carbocycles. The lowest BCUT2D eigenvalue weighted by molar-refractivity contribution is -0.385. The van der Waals surface area contributed by atoms with Gasteiger partial charge in [-0.1, -0.05) is 0 Å². The molecule has 0 aliphatic rings. The van der Waals surface area contributed by atoms with Gasteiger partial charge in [0.15, 0.2) is 5.75 Å². The zero-order valence-corrected chi connectivity index (χ0v) is 9.38. The molecule has 7 heteroatoms. The molecule has 1 aromatic heterocycles. The number of nitrogen functional groups attached to an aromatic ring is 1. The van der Waals surface area contributed by atoms with Crippen LogP contribution in [0.5, 0.6) is 5.75 Å². The molecule has 0 spiro atoms. The minimum absolute atomic E-state index is 0.0842. The van der Waals surface area contributed by atoms with Crippen LogP contribution in [0.25, 0.3) is 10.9 Å². The number of methoxy groups -OCH3 is 1. The molecule has 0 fully saturated rings. The molecule has 0 bridgehead atoms. The van der Waals surface area contributed by atoms with Crippen molar-refractivity contribution in [2.24, 2.45) is 0 Å². The van der Waals surface area contributed by atoms with E-state index >= 15 is 0 Å². The lowest BCUT2D eigenvalue weighted by Crippen LogP contribution is -1.98. The number of nitro groups is 1. The number of nitrogens with two attached hydrogens (primary N) is 1. The van der Waals surface area contributed by atoms with E-state index in [0.29, 0.717) is 10.9 Å². The van der Waals surface area contributed by atoms with Gasteiger partial charge in [-0.15, -0.1) is 0 Å². The third-order valence-electron chi connectivity index (χ3n) is 2.46. The highest BCUT2D eigenvalue weighted by atomic mass is 16.6. The van der Waals surface area contributed by atoms with Crippen LogP contribution in [0, 0.1) is 21.4 Å². The average molecular weight is 244 g/mol. The third kappa shape index (κ3) is 1.76. The van der Waals surface area contributed by atoms with Gasteiger partial charge in [0.05, 0.1) is 23.1 Å². The molecule has 2 rings (SSSR count). The fraction of sp³-hybridized carbons (Fsp3) is 0.0909. The Hall–Kier alpha value is -2.88. The van der Waals surface area contributed by atoms with E-state index in [0.717, 1.165) is 0 Å². The van der Waals surface area contributed by atoms with Crippen LogP contribution in [0.1, 0.15) is 5.56 Å². The molecule has 0 saturated heterocycles. The second-order valence-electron chi connectivity index (χ2n) is 3.51. The number of nitrogens with zero attached hydrogens (tertiary/aromatic N) is 3. The first-order chi connectivity index (χ1) is 8.56. The van der Waals surface area contributed by atoms with Gasteiger partial charge in [0.1, 0.15) is 11.9 Å². The molecule has 1 aromatic carbocycles. The molecule has 0 radical (unpaired) electrons. The maximum atomic E-state index is 10.9. The Morgan fingerprint density at radius 3 is 2.78 bits per heavy atom. The lowest BCUT2D eigenvalue weighted by atomic mass is 10.1. The Balaban J connectivity index is 2.80. The zero-order valence-electron chi connectivity index (χ0n) is 9.38. The minimum Gasteiger partial charge on any atom is -0.490 e. The highest BCUT2D eigenvalue weighted by molar-refractivity contribution is 5.86. The molecule has 1 heterocycles. The van der Waals surface area contributed by atoms with Crippen LogP contribution >= 0.6 is 0 Å². The first kappa shape index (κ1) is 11.6. The van der Waals surface area contributed by atoms with Gasteiger partial charge in [-0.25, -0.2) is 4.98 Å². The summed E-state index contributed by atoms with van der Waals surface area (Å²) in [6.45, 7) is 0. The van der Waals surface area contributed by atoms with E-state index in [4.69, 9.17) is 15.7 Å². The SMILES string of the molecule is COc1cc2nc(N)c(C#N)cc2cc1[N+](=O)[O-]. The van der Waals surface area contributed by atoms with Crippen LogP contribution in [-0.4, -0.2) is 17.0 Å². The zero-order chi connectivity index (χ0) is 13.3. The second kappa shape index (κ2) is 4.18. The first-order valence-corrected chi connectivity index (χ1v) is 4.89. The van der Waals surface area contributed by atoms with Crippen LogP contribution in [0.4, 0.5) is 11.5 Å². The van der Waals surface area contributed by atoms with Gasteiger partial charge in [-0.05, 0) is 6.07 Å². The number of ether oxygens (including phenoxy) is 1. The van der Waals surface area contributed by atoms with E-state index in [1.54, 1.807) is 0 Å². The lowest BCUT2D eigenvalue weighted by Gasteiger charge is -2.05. The summed E-state index contributed by atoms with van der Waals surface area (Å²) >= 11 is 0. The number of hydrogen-bond donors (Lipinski definition) is 1. The number of fused-ring (bicyclic) bond motifs is 1. The van der Waals surface area contributed by atoms with E-state index in [2.05, 4.69) is 4.98 Å². The largest absolute Gasteiger partial charge is 0.490 e. The van der Waals surface area contributed by atoms with Crippen molar-refractivity contribution in [3.8, 4) is 11.8 Å². The fourth-order valence-corrected chi connectivity index (χ4v) is 1.60. The van der Waals surface area contributed by atoms with Gasteiger partial charge in [-0.2, -0.15) is 5.26 Å². The Bertz CT molecular complexity index is 691. The molecule has 90 valence electrons. The highest BCUT2D eigenvalue weighted by Gasteiger charge is 2.17. The smallest absolute Gasteiger partial charge is 0.311 e. The summed E-state index contributed by atoms with van der Waals surface area (Å²) in [5, 5.41) is 20.2. The Morgan fingerprint density at radius 1 is 1.50 bits per heavy atom. The van der Waals surface area contributed by atoms with E-state index in [9.17, 15) is 10.1 Å². The number of hydrogen-bond acceptors (Lipinski definition) is 6. The monoisotopic (exact) mass is 244 g/mol. The van der Waals surface area contributed by atoms with Crippen LogP contribution in [0.3, 0.4) is 0 Å². The van der Waals surface area contributed by atoms with Gasteiger partial charge >= 0.3 is 5.69 Å². The number of benzene rings is 1. The average Bonchev–Trinajstić information content (AvgIpc) is 2.36. The minimum atomic E-state index is -0.555. The molecule has 0 aliphatic heterocycles. The van der Waals surface area contributed by atoms with Crippen molar-refractivity contribution in [2.45, 2.75) is 0 Å². The number of anilines is 1. The first-order valence-electron chi connectivity index (χ1n) is 4.89. The van der Waals surface area contributed by atoms with E-state index in [1.165, 1.54) is 25.3 Å². The summed E-state index contributed by atoms with van der Waals surface area (Å²) < 4.78 is 4.92.